The average molecular weight is 1260 g/mol. The Morgan fingerprint density at radius 2 is 0.755 bits per heavy atom. The Morgan fingerprint density at radius 3 is 1.33 bits per heavy atom. The molecule has 4 aliphatic rings. The molecule has 10 heterocycles. The number of furan rings is 2. The van der Waals surface area contributed by atoms with Crippen molar-refractivity contribution >= 4 is 110 Å². The van der Waals surface area contributed by atoms with Gasteiger partial charge in [-0.15, -0.1) is 37.5 Å². The van der Waals surface area contributed by atoms with E-state index in [1.165, 1.54) is 61.3 Å². The Hall–Kier alpha value is -13.9. The standard InChI is InChI=1S/2C21H12N3O.2C21H14N3/c1-22-15-7-9-18-14(10-15)12-23-11-13-6-8-17-16-4-2-3-5-19(16)25-21(17)20(13)24(18)23;1-22-15-6-7-18-13(8-15)11-23-12-14-9-17-16-4-2-3-5-20(16)25-21(17)10-19(14)24(18)23;1-22-18-10-11-20-17(12-18)14-23-13-16-8-5-9-19(21(16)24(20)23)15-6-3-2-4-7-15;1-22-19-8-10-21-18(12-19)14-23-13-17-11-16(7-9-20(17)24(21)23)15-5-3-2-4-6-15/h2-10,12H,11H2;2-11H,12H2;2*2-12,14H,13H2/q4*+1. The van der Waals surface area contributed by atoms with Gasteiger partial charge in [0.05, 0.1) is 53.4 Å². The molecule has 0 radical (unpaired) electrons. The highest BCUT2D eigenvalue weighted by molar-refractivity contribution is 6.09. The van der Waals surface area contributed by atoms with E-state index < -0.39 is 0 Å². The van der Waals surface area contributed by atoms with Gasteiger partial charge in [0.25, 0.3) is 0 Å². The van der Waals surface area contributed by atoms with E-state index in [4.69, 9.17) is 35.1 Å². The van der Waals surface area contributed by atoms with Gasteiger partial charge in [-0.2, -0.15) is 0 Å². The minimum absolute atomic E-state index is 0.666. The molecule has 0 unspecified atom stereocenters. The maximum atomic E-state index is 7.22. The zero-order valence-electron chi connectivity index (χ0n) is 52.4. The number of hydrogen-bond acceptors (Lipinski definition) is 2. The maximum Gasteiger partial charge on any atom is 0.203 e. The topological polar surface area (TPSA) is 79.0 Å². The van der Waals surface area contributed by atoms with Crippen molar-refractivity contribution in [2.24, 2.45) is 0 Å². The zero-order chi connectivity index (χ0) is 65.3. The van der Waals surface area contributed by atoms with Crippen molar-refractivity contribution in [3.8, 4) is 45.0 Å². The second kappa shape index (κ2) is 21.8. The molecule has 0 saturated heterocycles. The van der Waals surface area contributed by atoms with E-state index in [1.54, 1.807) is 0 Å². The predicted octanol–water partition coefficient (Wildman–Crippen LogP) is 18.5. The Kier molecular flexibility index (Phi) is 12.4. The Bertz CT molecular complexity index is 6630. The highest BCUT2D eigenvalue weighted by Gasteiger charge is 2.35. The lowest BCUT2D eigenvalue weighted by Crippen LogP contribution is -2.36. The average Bonchev–Trinajstić information content (AvgIpc) is 1.55. The fraction of sp³-hybridized carbons (Fsp3) is 0.0476. The lowest BCUT2D eigenvalue weighted by Gasteiger charge is -2.07. The molecule has 0 saturated carbocycles. The van der Waals surface area contributed by atoms with Gasteiger partial charge >= 0.3 is 0 Å². The van der Waals surface area contributed by atoms with Crippen LogP contribution in [0, 0.1) is 26.3 Å². The van der Waals surface area contributed by atoms with Crippen molar-refractivity contribution in [2.75, 3.05) is 0 Å². The van der Waals surface area contributed by atoms with Gasteiger partial charge in [-0.05, 0) is 108 Å². The summed E-state index contributed by atoms with van der Waals surface area (Å²) in [6, 6.07) is 82.7. The van der Waals surface area contributed by atoms with E-state index in [2.05, 4.69) is 209 Å². The van der Waals surface area contributed by atoms with Gasteiger partial charge in [0.15, 0.2) is 60.2 Å². The van der Waals surface area contributed by atoms with Crippen molar-refractivity contribution < 1.29 is 27.6 Å². The molecule has 18 aromatic rings. The first kappa shape index (κ1) is 55.7. The summed E-state index contributed by atoms with van der Waals surface area (Å²) < 4.78 is 30.1. The molecule has 0 bridgehead atoms. The molecule has 0 atom stereocenters. The van der Waals surface area contributed by atoms with E-state index in [1.807, 2.05) is 115 Å². The summed E-state index contributed by atoms with van der Waals surface area (Å²) in [7, 11) is 0. The first-order valence-corrected chi connectivity index (χ1v) is 32.3. The van der Waals surface area contributed by atoms with Crippen LogP contribution in [-0.4, -0.2) is 18.7 Å². The molecule has 14 heteroatoms. The molecular weight excluding hydrogens is 1210 g/mol. The summed E-state index contributed by atoms with van der Waals surface area (Å²) in [5.74, 6) is 0. The second-order valence-electron chi connectivity index (χ2n) is 25.1. The molecule has 12 aromatic carbocycles. The molecule has 0 amide bonds. The lowest BCUT2D eigenvalue weighted by molar-refractivity contribution is -0.749. The van der Waals surface area contributed by atoms with Gasteiger partial charge in [-0.1, -0.05) is 146 Å². The summed E-state index contributed by atoms with van der Waals surface area (Å²) in [5.41, 5.74) is 25.8. The van der Waals surface area contributed by atoms with Crippen LogP contribution in [0.3, 0.4) is 0 Å². The smallest absolute Gasteiger partial charge is 0.203 e. The Balaban J connectivity index is 0.0000000916. The summed E-state index contributed by atoms with van der Waals surface area (Å²) in [4.78, 5) is 14.1. The van der Waals surface area contributed by atoms with Gasteiger partial charge < -0.3 is 8.83 Å². The van der Waals surface area contributed by atoms with Crippen LogP contribution in [0.1, 0.15) is 22.3 Å². The number of fused-ring (bicyclic) bond motifs is 27. The van der Waals surface area contributed by atoms with Gasteiger partial charge in [-0.3, -0.25) is 0 Å². The summed E-state index contributed by atoms with van der Waals surface area (Å²) >= 11 is 0. The summed E-state index contributed by atoms with van der Waals surface area (Å²) in [6.07, 6.45) is 8.49. The van der Waals surface area contributed by atoms with Crippen LogP contribution in [0.5, 0.6) is 0 Å². The van der Waals surface area contributed by atoms with E-state index in [9.17, 15) is 0 Å². The van der Waals surface area contributed by atoms with E-state index in [0.29, 0.717) is 22.7 Å². The Morgan fingerprint density at radius 1 is 0.296 bits per heavy atom. The number of rotatable bonds is 2. The molecule has 0 N–H and O–H groups in total. The lowest BCUT2D eigenvalue weighted by atomic mass is 10.0. The van der Waals surface area contributed by atoms with Crippen LogP contribution in [0.15, 0.2) is 276 Å². The number of para-hydroxylation sites is 3. The molecule has 14 nitrogen and oxygen atoms in total. The third-order valence-electron chi connectivity index (χ3n) is 19.4. The van der Waals surface area contributed by atoms with Gasteiger partial charge in [0.1, 0.15) is 55.9 Å². The van der Waals surface area contributed by atoms with E-state index >= 15 is 0 Å². The van der Waals surface area contributed by atoms with Gasteiger partial charge in [-0.25, -0.2) is 19.4 Å². The van der Waals surface area contributed by atoms with Crippen LogP contribution in [0.25, 0.3) is 152 Å². The number of aromatic nitrogens is 8. The molecule has 98 heavy (non-hydrogen) atoms. The molecule has 0 fully saturated rings. The quantitative estimate of drug-likeness (QED) is 0.128. The number of benzene rings is 12. The summed E-state index contributed by atoms with van der Waals surface area (Å²) in [6.45, 7) is 32.2. The zero-order valence-corrected chi connectivity index (χ0v) is 52.4. The molecule has 0 spiro atoms. The third kappa shape index (κ3) is 8.77. The van der Waals surface area contributed by atoms with Crippen molar-refractivity contribution in [1.29, 1.82) is 0 Å². The highest BCUT2D eigenvalue weighted by atomic mass is 16.3. The molecule has 4 aliphatic heterocycles. The molecule has 22 rings (SSSR count). The van der Waals surface area contributed by atoms with Crippen molar-refractivity contribution in [3.63, 3.8) is 0 Å². The highest BCUT2D eigenvalue weighted by Crippen LogP contribution is 2.41. The third-order valence-corrected chi connectivity index (χ3v) is 19.4. The van der Waals surface area contributed by atoms with Crippen LogP contribution in [0.4, 0.5) is 22.7 Å². The molecule has 6 aromatic heterocycles. The molecule has 0 aliphatic carbocycles. The second-order valence-corrected chi connectivity index (χ2v) is 25.1. The summed E-state index contributed by atoms with van der Waals surface area (Å²) in [5, 5.41) is 9.00. The van der Waals surface area contributed by atoms with E-state index in [-0.39, 0.29) is 0 Å². The van der Waals surface area contributed by atoms with Crippen molar-refractivity contribution in [1.82, 2.24) is 18.7 Å². The first-order valence-electron chi connectivity index (χ1n) is 32.3. The molecule has 456 valence electrons. The fourth-order valence-corrected chi connectivity index (χ4v) is 15.1. The Labute approximate surface area is 560 Å². The van der Waals surface area contributed by atoms with Gasteiger partial charge in [0.2, 0.25) is 24.8 Å². The van der Waals surface area contributed by atoms with Crippen molar-refractivity contribution in [3.05, 3.63) is 335 Å². The molecular formula is C84H52N12O2+4. The minimum Gasteiger partial charge on any atom is -0.456 e. The van der Waals surface area contributed by atoms with Crippen LogP contribution in [-0.2, 0) is 26.2 Å². The number of hydrogen-bond donors (Lipinski definition) is 0. The fourth-order valence-electron chi connectivity index (χ4n) is 15.1. The van der Waals surface area contributed by atoms with Gasteiger partial charge in [0, 0.05) is 49.9 Å². The first-order chi connectivity index (χ1) is 48.3. The van der Waals surface area contributed by atoms with Crippen LogP contribution >= 0.6 is 0 Å². The largest absolute Gasteiger partial charge is 0.456 e. The van der Waals surface area contributed by atoms with Crippen LogP contribution < -0.4 is 18.7 Å². The monoisotopic (exact) mass is 1260 g/mol. The SMILES string of the molecule is [C-]#[N+]c1ccc2c(c1)c[n+]1n2-c2c(ccc3c2oc2ccccc23)C1.[C-]#[N+]c1ccc2c(c1)c[n+]1n2-c2c(cccc2-c2ccccc2)C1.[C-]#[N+]c1ccc2c(c1)c[n+]1n2-c2cc3oc4ccccc4c3cc2C1.[C-]#[N+]c1ccc2c(c1)c[n+]1n2-c2ccc(-c3ccccc3)cc2C1. The van der Waals surface area contributed by atoms with Crippen LogP contribution in [0.2, 0.25) is 0 Å². The predicted molar refractivity (Wildman–Crippen MR) is 381 cm³/mol. The normalized spacial score (nSPS) is 12.3. The van der Waals surface area contributed by atoms with E-state index in [0.717, 1.165) is 120 Å². The number of nitrogens with zero attached hydrogens (tertiary/aromatic N) is 12. The van der Waals surface area contributed by atoms with Crippen molar-refractivity contribution in [2.45, 2.75) is 26.2 Å². The maximum absolute atomic E-state index is 7.22. The minimum atomic E-state index is 0.666.